The van der Waals surface area contributed by atoms with Crippen LogP contribution in [0.4, 0.5) is 0 Å². The molecule has 4 heteroatoms. The van der Waals surface area contributed by atoms with Gasteiger partial charge in [0.15, 0.2) is 4.77 Å². The fraction of sp³-hybridized carbons (Fsp3) is 0.462. The molecule has 0 fully saturated rings. The maximum absolute atomic E-state index is 5.47. The zero-order valence-electron chi connectivity index (χ0n) is 10.5. The third-order valence-electron chi connectivity index (χ3n) is 3.13. The molecule has 0 saturated carbocycles. The van der Waals surface area contributed by atoms with Crippen LogP contribution in [0.1, 0.15) is 24.9 Å². The van der Waals surface area contributed by atoms with Gasteiger partial charge in [0.05, 0.1) is 11.0 Å². The second-order valence-electron chi connectivity index (χ2n) is 4.29. The van der Waals surface area contributed by atoms with Gasteiger partial charge in [-0.25, -0.2) is 0 Å². The highest BCUT2D eigenvalue weighted by atomic mass is 32.2. The van der Waals surface area contributed by atoms with E-state index in [0.29, 0.717) is 6.04 Å². The smallest absolute Gasteiger partial charge is 0.178 e. The highest BCUT2D eigenvalue weighted by molar-refractivity contribution is 7.98. The lowest BCUT2D eigenvalue weighted by Gasteiger charge is -2.17. The van der Waals surface area contributed by atoms with Crippen LogP contribution < -0.4 is 0 Å². The maximum atomic E-state index is 5.47. The Morgan fingerprint density at radius 2 is 2.24 bits per heavy atom. The number of H-pyrrole nitrogens is 1. The van der Waals surface area contributed by atoms with Gasteiger partial charge in [0.25, 0.3) is 0 Å². The number of aromatic nitrogens is 2. The van der Waals surface area contributed by atoms with E-state index in [4.69, 9.17) is 12.2 Å². The van der Waals surface area contributed by atoms with E-state index in [1.807, 2.05) is 11.8 Å². The third-order valence-corrected chi connectivity index (χ3v) is 4.15. The summed E-state index contributed by atoms with van der Waals surface area (Å²) in [5.74, 6) is 1.10. The Morgan fingerprint density at radius 3 is 2.88 bits per heavy atom. The van der Waals surface area contributed by atoms with Crippen molar-refractivity contribution in [1.29, 1.82) is 0 Å². The number of thioether (sulfide) groups is 1. The summed E-state index contributed by atoms with van der Waals surface area (Å²) in [5, 5.41) is 0. The fourth-order valence-electron chi connectivity index (χ4n) is 2.27. The largest absolute Gasteiger partial charge is 0.331 e. The molecule has 1 unspecified atom stereocenters. The quantitative estimate of drug-likeness (QED) is 0.832. The Morgan fingerprint density at radius 1 is 1.47 bits per heavy atom. The van der Waals surface area contributed by atoms with Crippen molar-refractivity contribution in [1.82, 2.24) is 9.55 Å². The van der Waals surface area contributed by atoms with Crippen molar-refractivity contribution >= 4 is 35.0 Å². The highest BCUT2D eigenvalue weighted by Gasteiger charge is 2.14. The summed E-state index contributed by atoms with van der Waals surface area (Å²) in [6, 6.07) is 6.80. The normalized spacial score (nSPS) is 13.1. The van der Waals surface area contributed by atoms with Crippen molar-refractivity contribution in [2.24, 2.45) is 0 Å². The van der Waals surface area contributed by atoms with Crippen molar-refractivity contribution in [3.8, 4) is 0 Å². The minimum Gasteiger partial charge on any atom is -0.331 e. The number of hydrogen-bond donors (Lipinski definition) is 1. The Labute approximate surface area is 111 Å². The van der Waals surface area contributed by atoms with Crippen molar-refractivity contribution in [2.45, 2.75) is 26.3 Å². The molecule has 1 atom stereocenters. The van der Waals surface area contributed by atoms with Gasteiger partial charge in [-0.1, -0.05) is 19.1 Å². The molecule has 0 saturated heterocycles. The van der Waals surface area contributed by atoms with Crippen LogP contribution in [0.3, 0.4) is 0 Å². The van der Waals surface area contributed by atoms with Gasteiger partial charge < -0.3 is 9.55 Å². The van der Waals surface area contributed by atoms with Crippen LogP contribution in [-0.2, 0) is 0 Å². The minimum absolute atomic E-state index is 0.479. The molecule has 1 N–H and O–H groups in total. The second-order valence-corrected chi connectivity index (χ2v) is 5.59. The molecule has 0 aliphatic carbocycles. The van der Waals surface area contributed by atoms with Crippen molar-refractivity contribution in [3.63, 3.8) is 0 Å². The maximum Gasteiger partial charge on any atom is 0.178 e. The van der Waals surface area contributed by atoms with Gasteiger partial charge in [0.1, 0.15) is 0 Å². The molecule has 92 valence electrons. The molecule has 0 aliphatic rings. The summed E-state index contributed by atoms with van der Waals surface area (Å²) in [5.41, 5.74) is 3.70. The van der Waals surface area contributed by atoms with Crippen LogP contribution in [0.5, 0.6) is 0 Å². The molecule has 0 spiro atoms. The minimum atomic E-state index is 0.479. The molecule has 17 heavy (non-hydrogen) atoms. The number of hydrogen-bond acceptors (Lipinski definition) is 2. The number of benzene rings is 1. The predicted octanol–water partition coefficient (Wildman–Crippen LogP) is 4.32. The summed E-state index contributed by atoms with van der Waals surface area (Å²) in [6.45, 7) is 4.37. The van der Waals surface area contributed by atoms with E-state index in [1.165, 1.54) is 11.1 Å². The Balaban J connectivity index is 2.67. The number of rotatable bonds is 4. The van der Waals surface area contributed by atoms with Crippen molar-refractivity contribution in [3.05, 3.63) is 28.5 Å². The van der Waals surface area contributed by atoms with E-state index >= 15 is 0 Å². The van der Waals surface area contributed by atoms with E-state index in [0.717, 1.165) is 22.5 Å². The fourth-order valence-corrected chi connectivity index (χ4v) is 3.39. The van der Waals surface area contributed by atoms with Crippen molar-refractivity contribution < 1.29 is 0 Å². The number of nitrogens with one attached hydrogen (secondary N) is 1. The van der Waals surface area contributed by atoms with Crippen LogP contribution in [0.25, 0.3) is 11.0 Å². The Hall–Kier alpha value is -0.740. The highest BCUT2D eigenvalue weighted by Crippen LogP contribution is 2.25. The zero-order valence-corrected chi connectivity index (χ0v) is 12.1. The number of imidazole rings is 1. The van der Waals surface area contributed by atoms with Gasteiger partial charge >= 0.3 is 0 Å². The number of aryl methyl sites for hydroxylation is 1. The van der Waals surface area contributed by atoms with Crippen LogP contribution in [0.15, 0.2) is 18.2 Å². The standard InChI is InChI=1S/C13H18N2S2/c1-4-10(8-17-3)15-12-9(2)6-5-7-11(12)14-13(15)16/h5-7,10H,4,8H2,1-3H3,(H,14,16). The average Bonchev–Trinajstić information content (AvgIpc) is 2.64. The molecule has 0 amide bonds. The van der Waals surface area contributed by atoms with E-state index in [1.54, 1.807) is 0 Å². The molecule has 0 radical (unpaired) electrons. The summed E-state index contributed by atoms with van der Waals surface area (Å²) in [6.07, 6.45) is 3.25. The van der Waals surface area contributed by atoms with E-state index in [-0.39, 0.29) is 0 Å². The van der Waals surface area contributed by atoms with Crippen LogP contribution in [0.2, 0.25) is 0 Å². The second kappa shape index (κ2) is 5.27. The lowest BCUT2D eigenvalue weighted by atomic mass is 10.2. The van der Waals surface area contributed by atoms with Gasteiger partial charge in [0, 0.05) is 11.8 Å². The molecule has 2 rings (SSSR count). The molecule has 1 aromatic heterocycles. The van der Waals surface area contributed by atoms with Crippen LogP contribution >= 0.6 is 24.0 Å². The molecular formula is C13H18N2S2. The first kappa shape index (κ1) is 12.7. The summed E-state index contributed by atoms with van der Waals surface area (Å²) in [7, 11) is 0. The third kappa shape index (κ3) is 2.29. The van der Waals surface area contributed by atoms with Gasteiger partial charge in [-0.3, -0.25) is 0 Å². The molecular weight excluding hydrogens is 248 g/mol. The lowest BCUT2D eigenvalue weighted by molar-refractivity contribution is 0.547. The van der Waals surface area contributed by atoms with Crippen LogP contribution in [0, 0.1) is 11.7 Å². The summed E-state index contributed by atoms with van der Waals surface area (Å²) < 4.78 is 3.13. The summed E-state index contributed by atoms with van der Waals surface area (Å²) >= 11 is 7.34. The lowest BCUT2D eigenvalue weighted by Crippen LogP contribution is -2.11. The number of para-hydroxylation sites is 1. The predicted molar refractivity (Wildman–Crippen MR) is 79.6 cm³/mol. The Bertz CT molecular complexity index is 568. The average molecular weight is 266 g/mol. The molecule has 0 aliphatic heterocycles. The van der Waals surface area contributed by atoms with Crippen molar-refractivity contribution in [2.75, 3.05) is 12.0 Å². The van der Waals surface area contributed by atoms with Gasteiger partial charge in [-0.2, -0.15) is 11.8 Å². The molecule has 2 nitrogen and oxygen atoms in total. The monoisotopic (exact) mass is 266 g/mol. The SMILES string of the molecule is CCC(CSC)n1c(=S)[nH]c2cccc(C)c21. The molecule has 1 aromatic carbocycles. The van der Waals surface area contributed by atoms with Gasteiger partial charge in [-0.05, 0) is 43.4 Å². The molecule has 1 heterocycles. The topological polar surface area (TPSA) is 20.7 Å². The molecule has 2 aromatic rings. The zero-order chi connectivity index (χ0) is 12.4. The van der Waals surface area contributed by atoms with Crippen LogP contribution in [-0.4, -0.2) is 21.6 Å². The summed E-state index contributed by atoms with van der Waals surface area (Å²) in [4.78, 5) is 3.31. The first-order valence-electron chi connectivity index (χ1n) is 5.87. The number of nitrogens with zero attached hydrogens (tertiary/aromatic N) is 1. The van der Waals surface area contributed by atoms with E-state index < -0.39 is 0 Å². The van der Waals surface area contributed by atoms with Gasteiger partial charge in [0.2, 0.25) is 0 Å². The first-order chi connectivity index (χ1) is 8.19. The number of fused-ring (bicyclic) bond motifs is 1. The first-order valence-corrected chi connectivity index (χ1v) is 7.68. The van der Waals surface area contributed by atoms with E-state index in [9.17, 15) is 0 Å². The van der Waals surface area contributed by atoms with E-state index in [2.05, 4.69) is 47.9 Å². The Kier molecular flexibility index (Phi) is 3.94. The van der Waals surface area contributed by atoms with Gasteiger partial charge in [-0.15, -0.1) is 0 Å². The number of aromatic amines is 1. The molecule has 0 bridgehead atoms.